The van der Waals surface area contributed by atoms with Gasteiger partial charge in [-0.25, -0.2) is 0 Å². The van der Waals surface area contributed by atoms with E-state index in [2.05, 4.69) is 6.58 Å². The molecule has 0 aromatic carbocycles. The number of allylic oxidation sites excluding steroid dienone is 1. The molecule has 74 valence electrons. The first-order valence-corrected chi connectivity index (χ1v) is 4.55. The second-order valence-electron chi connectivity index (χ2n) is 2.51. The van der Waals surface area contributed by atoms with Crippen LogP contribution in [0.15, 0.2) is 12.7 Å². The number of unbranched alkanes of at least 4 members (excludes halogenated alkanes) is 4. The maximum Gasteiger partial charge on any atom is 0.0624 e. The molecule has 0 saturated heterocycles. The second-order valence-corrected chi connectivity index (χ2v) is 2.51. The summed E-state index contributed by atoms with van der Waals surface area (Å²) < 4.78 is 0. The summed E-state index contributed by atoms with van der Waals surface area (Å²) in [5.74, 6) is 0. The van der Waals surface area contributed by atoms with Gasteiger partial charge in [-0.1, -0.05) is 6.08 Å². The van der Waals surface area contributed by atoms with Gasteiger partial charge in [0.25, 0.3) is 0 Å². The minimum Gasteiger partial charge on any atom is -0.198 e. The maximum absolute atomic E-state index is 8.03. The Morgan fingerprint density at radius 2 is 1.29 bits per heavy atom. The van der Waals surface area contributed by atoms with Gasteiger partial charge < -0.3 is 0 Å². The van der Waals surface area contributed by atoms with Gasteiger partial charge in [0.1, 0.15) is 0 Å². The molecule has 0 aromatic rings. The first-order chi connectivity index (χ1) is 6.83. The Morgan fingerprint density at radius 3 is 1.50 bits per heavy atom. The number of hydrogen-bond acceptors (Lipinski definition) is 3. The molecule has 0 bridgehead atoms. The third kappa shape index (κ3) is 22.5. The molecular formula is C11H15N3. The molecule has 0 saturated carbocycles. The van der Waals surface area contributed by atoms with Crippen LogP contribution >= 0.6 is 0 Å². The largest absolute Gasteiger partial charge is 0.198 e. The van der Waals surface area contributed by atoms with Gasteiger partial charge in [-0.3, -0.25) is 0 Å². The molecule has 0 unspecified atom stereocenters. The molecule has 14 heavy (non-hydrogen) atoms. The summed E-state index contributed by atoms with van der Waals surface area (Å²) in [7, 11) is 0. The highest BCUT2D eigenvalue weighted by atomic mass is 14.2. The number of hydrogen-bond donors (Lipinski definition) is 0. The lowest BCUT2D eigenvalue weighted by atomic mass is 10.2. The topological polar surface area (TPSA) is 71.4 Å². The van der Waals surface area contributed by atoms with E-state index in [1.165, 1.54) is 0 Å². The fourth-order valence-electron chi connectivity index (χ4n) is 0.575. The average Bonchev–Trinajstić information content (AvgIpc) is 2.22. The molecule has 0 radical (unpaired) electrons. The molecule has 0 aliphatic carbocycles. The van der Waals surface area contributed by atoms with Crippen molar-refractivity contribution in [2.24, 2.45) is 0 Å². The Morgan fingerprint density at radius 1 is 0.857 bits per heavy atom. The lowest BCUT2D eigenvalue weighted by molar-refractivity contribution is 0.773. The highest BCUT2D eigenvalue weighted by molar-refractivity contribution is 4.76. The predicted molar refractivity (Wildman–Crippen MR) is 54.7 cm³/mol. The Bertz CT molecular complexity index is 221. The average molecular weight is 189 g/mol. The minimum absolute atomic E-state index is 0.585. The molecule has 3 nitrogen and oxygen atoms in total. The zero-order chi connectivity index (χ0) is 11.1. The van der Waals surface area contributed by atoms with Crippen LogP contribution in [0.5, 0.6) is 0 Å². The third-order valence-electron chi connectivity index (χ3n) is 1.29. The number of nitrogens with zero attached hydrogens (tertiary/aromatic N) is 3. The molecule has 0 rings (SSSR count). The van der Waals surface area contributed by atoms with E-state index in [4.69, 9.17) is 15.8 Å². The Labute approximate surface area is 85.9 Å². The first-order valence-electron chi connectivity index (χ1n) is 4.55. The van der Waals surface area contributed by atoms with Crippen LogP contribution < -0.4 is 0 Å². The van der Waals surface area contributed by atoms with Gasteiger partial charge >= 0.3 is 0 Å². The van der Waals surface area contributed by atoms with Gasteiger partial charge in [0, 0.05) is 19.3 Å². The summed E-state index contributed by atoms with van der Waals surface area (Å²) in [6.07, 6.45) is 6.06. The lowest BCUT2D eigenvalue weighted by Gasteiger charge is -1.83. The van der Waals surface area contributed by atoms with Gasteiger partial charge in [0.2, 0.25) is 0 Å². The standard InChI is InChI=1S/C6H8N2.C5H7N/c7-5-3-1-2-4-6-8;1-2-3-4-5-6/h1-4H2;2H,1,3-4H2. The molecule has 0 aliphatic rings. The molecule has 0 amide bonds. The van der Waals surface area contributed by atoms with Crippen LogP contribution in [0, 0.1) is 34.0 Å². The highest BCUT2D eigenvalue weighted by Crippen LogP contribution is 1.95. The monoisotopic (exact) mass is 189 g/mol. The van der Waals surface area contributed by atoms with E-state index < -0.39 is 0 Å². The van der Waals surface area contributed by atoms with Crippen molar-refractivity contribution in [3.05, 3.63) is 12.7 Å². The number of rotatable bonds is 5. The molecule has 0 aromatic heterocycles. The quantitative estimate of drug-likeness (QED) is 0.492. The van der Waals surface area contributed by atoms with Gasteiger partial charge in [0.05, 0.1) is 18.2 Å². The summed E-state index contributed by atoms with van der Waals surface area (Å²) in [4.78, 5) is 0. The van der Waals surface area contributed by atoms with Crippen molar-refractivity contribution >= 4 is 0 Å². The van der Waals surface area contributed by atoms with Crippen molar-refractivity contribution in [1.82, 2.24) is 0 Å². The zero-order valence-corrected chi connectivity index (χ0v) is 8.37. The van der Waals surface area contributed by atoms with E-state index in [-0.39, 0.29) is 0 Å². The molecule has 3 heteroatoms. The van der Waals surface area contributed by atoms with Crippen LogP contribution in [0.4, 0.5) is 0 Å². The van der Waals surface area contributed by atoms with Crippen LogP contribution in [-0.4, -0.2) is 0 Å². The summed E-state index contributed by atoms with van der Waals surface area (Å²) in [5, 5.41) is 24.0. The smallest absolute Gasteiger partial charge is 0.0624 e. The van der Waals surface area contributed by atoms with Crippen molar-refractivity contribution in [3.8, 4) is 18.2 Å². The minimum atomic E-state index is 0.585. The van der Waals surface area contributed by atoms with Crippen molar-refractivity contribution in [2.45, 2.75) is 38.5 Å². The van der Waals surface area contributed by atoms with Crippen molar-refractivity contribution in [2.75, 3.05) is 0 Å². The molecule has 0 heterocycles. The van der Waals surface area contributed by atoms with E-state index in [1.54, 1.807) is 6.08 Å². The van der Waals surface area contributed by atoms with Gasteiger partial charge in [-0.05, 0) is 19.3 Å². The lowest BCUT2D eigenvalue weighted by Crippen LogP contribution is -1.70. The Hall–Kier alpha value is -1.79. The first kappa shape index (κ1) is 14.7. The van der Waals surface area contributed by atoms with Crippen LogP contribution in [0.1, 0.15) is 38.5 Å². The van der Waals surface area contributed by atoms with Gasteiger partial charge in [0.15, 0.2) is 0 Å². The van der Waals surface area contributed by atoms with Gasteiger partial charge in [-0.15, -0.1) is 6.58 Å². The Balaban J connectivity index is 0. The van der Waals surface area contributed by atoms with Gasteiger partial charge in [-0.2, -0.15) is 15.8 Å². The second kappa shape index (κ2) is 17.3. The fraction of sp³-hybridized carbons (Fsp3) is 0.545. The van der Waals surface area contributed by atoms with Crippen LogP contribution in [0.2, 0.25) is 0 Å². The van der Waals surface area contributed by atoms with E-state index in [1.807, 2.05) is 18.2 Å². The van der Waals surface area contributed by atoms with Crippen molar-refractivity contribution in [1.29, 1.82) is 15.8 Å². The third-order valence-corrected chi connectivity index (χ3v) is 1.29. The van der Waals surface area contributed by atoms with E-state index in [0.29, 0.717) is 19.3 Å². The normalized spacial score (nSPS) is 6.93. The van der Waals surface area contributed by atoms with E-state index in [9.17, 15) is 0 Å². The zero-order valence-electron chi connectivity index (χ0n) is 8.37. The molecule has 0 aliphatic heterocycles. The molecule has 0 atom stereocenters. The summed E-state index contributed by atoms with van der Waals surface area (Å²) in [6.45, 7) is 3.45. The predicted octanol–water partition coefficient (Wildman–Crippen LogP) is 3.07. The van der Waals surface area contributed by atoms with Crippen LogP contribution in [0.25, 0.3) is 0 Å². The van der Waals surface area contributed by atoms with E-state index >= 15 is 0 Å². The fourth-order valence-corrected chi connectivity index (χ4v) is 0.575. The molecular weight excluding hydrogens is 174 g/mol. The summed E-state index contributed by atoms with van der Waals surface area (Å²) in [6, 6.07) is 6.03. The van der Waals surface area contributed by atoms with Crippen LogP contribution in [0.3, 0.4) is 0 Å². The Kier molecular flexibility index (Phi) is 18.2. The van der Waals surface area contributed by atoms with Crippen molar-refractivity contribution < 1.29 is 0 Å². The molecule has 0 fully saturated rings. The SMILES string of the molecule is C=CCCC#N.N#CCCCCC#N. The highest BCUT2D eigenvalue weighted by Gasteiger charge is 1.83. The van der Waals surface area contributed by atoms with Crippen LogP contribution in [-0.2, 0) is 0 Å². The maximum atomic E-state index is 8.03. The number of nitriles is 3. The summed E-state index contributed by atoms with van der Waals surface area (Å²) >= 11 is 0. The molecule has 0 N–H and O–H groups in total. The van der Waals surface area contributed by atoms with Crippen molar-refractivity contribution in [3.63, 3.8) is 0 Å². The van der Waals surface area contributed by atoms with E-state index in [0.717, 1.165) is 19.3 Å². The summed E-state index contributed by atoms with van der Waals surface area (Å²) in [5.41, 5.74) is 0. The molecule has 0 spiro atoms.